The van der Waals surface area contributed by atoms with Crippen LogP contribution in [0.5, 0.6) is 0 Å². The highest BCUT2D eigenvalue weighted by Gasteiger charge is 2.48. The number of hydrogen-bond donors (Lipinski definition) is 4. The molecule has 2 aliphatic heterocycles. The summed E-state index contributed by atoms with van der Waals surface area (Å²) < 4.78 is 42.7. The molecule has 51 heavy (non-hydrogen) atoms. The average Bonchev–Trinajstić information content (AvgIpc) is 3.35. The van der Waals surface area contributed by atoms with Gasteiger partial charge in [-0.3, -0.25) is 0 Å². The van der Waals surface area contributed by atoms with Gasteiger partial charge in [-0.05, 0) is 22.3 Å². The predicted molar refractivity (Wildman–Crippen MR) is 185 cm³/mol. The molecule has 2 saturated heterocycles. The van der Waals surface area contributed by atoms with Crippen LogP contribution in [-0.2, 0) is 59.6 Å². The molecular weight excluding hydrogens is 656 g/mol. The summed E-state index contributed by atoms with van der Waals surface area (Å²) in [6.45, 7) is -0.0265. The molecule has 0 spiro atoms. The minimum atomic E-state index is -1.47. The highest BCUT2D eigenvalue weighted by molar-refractivity contribution is 5.16. The molecule has 10 unspecified atom stereocenters. The molecule has 4 aromatic carbocycles. The lowest BCUT2D eigenvalue weighted by atomic mass is 10.0. The van der Waals surface area contributed by atoms with Crippen molar-refractivity contribution in [3.05, 3.63) is 144 Å². The van der Waals surface area contributed by atoms with Crippen LogP contribution in [0.3, 0.4) is 0 Å². The van der Waals surface area contributed by atoms with Gasteiger partial charge in [0.15, 0.2) is 12.6 Å². The molecule has 272 valence electrons. The zero-order chi connectivity index (χ0) is 35.4. The van der Waals surface area contributed by atoms with Gasteiger partial charge in [0.2, 0.25) is 0 Å². The largest absolute Gasteiger partial charge is 0.388 e. The molecule has 0 bridgehead atoms. The van der Waals surface area contributed by atoms with E-state index in [1.807, 2.05) is 121 Å². The van der Waals surface area contributed by atoms with Crippen molar-refractivity contribution in [2.75, 3.05) is 13.2 Å². The highest BCUT2D eigenvalue weighted by atomic mass is 16.7. The number of ether oxygens (including phenoxy) is 7. The molecule has 11 nitrogen and oxygen atoms in total. The van der Waals surface area contributed by atoms with Gasteiger partial charge in [0, 0.05) is 0 Å². The Morgan fingerprint density at radius 3 is 1.29 bits per heavy atom. The number of benzene rings is 4. The van der Waals surface area contributed by atoms with Crippen LogP contribution in [0.15, 0.2) is 121 Å². The normalized spacial score (nSPS) is 30.0. The van der Waals surface area contributed by atoms with Gasteiger partial charge in [-0.25, -0.2) is 0 Å². The second-order valence-electron chi connectivity index (χ2n) is 12.7. The monoisotopic (exact) mass is 702 g/mol. The lowest BCUT2D eigenvalue weighted by Gasteiger charge is -2.35. The van der Waals surface area contributed by atoms with Crippen molar-refractivity contribution >= 4 is 0 Å². The molecule has 2 heterocycles. The van der Waals surface area contributed by atoms with Crippen LogP contribution in [0, 0.1) is 0 Å². The standard InChI is InChI=1S/C40H46O11/c41-31-25-50-40(34(43)37(47-23-29-17-9-3-10-18-29)35(31)45-21-27-13-5-1-6-14-27)51-32-26-49-39(44)38(48-24-30-19-11-4-12-20-30)36(33(32)42)46-22-28-15-7-2-8-16-28/h1-20,31-44H,21-26H2. The Balaban J connectivity index is 1.21. The molecule has 2 fully saturated rings. The maximum atomic E-state index is 11.8. The number of aliphatic hydroxyl groups excluding tert-OH is 4. The fraction of sp³-hybridized carbons (Fsp3) is 0.400. The van der Waals surface area contributed by atoms with Gasteiger partial charge in [0.05, 0.1) is 39.6 Å². The molecule has 2 aliphatic rings. The van der Waals surface area contributed by atoms with Crippen molar-refractivity contribution in [1.29, 1.82) is 0 Å². The molecule has 0 radical (unpaired) electrons. The third kappa shape index (κ3) is 10.3. The fourth-order valence-electron chi connectivity index (χ4n) is 6.16. The lowest BCUT2D eigenvalue weighted by Crippen LogP contribution is -2.53. The smallest absolute Gasteiger partial charge is 0.186 e. The van der Waals surface area contributed by atoms with Gasteiger partial charge in [-0.2, -0.15) is 0 Å². The third-order valence-corrected chi connectivity index (χ3v) is 8.95. The summed E-state index contributed by atoms with van der Waals surface area (Å²) in [7, 11) is 0. The predicted octanol–water partition coefficient (Wildman–Crippen LogP) is 3.50. The van der Waals surface area contributed by atoms with Crippen molar-refractivity contribution in [3.8, 4) is 0 Å². The van der Waals surface area contributed by atoms with Crippen molar-refractivity contribution < 1.29 is 53.6 Å². The van der Waals surface area contributed by atoms with Crippen LogP contribution in [0.25, 0.3) is 0 Å². The van der Waals surface area contributed by atoms with Crippen LogP contribution in [0.2, 0.25) is 0 Å². The van der Waals surface area contributed by atoms with Crippen LogP contribution in [0.1, 0.15) is 22.3 Å². The van der Waals surface area contributed by atoms with E-state index in [2.05, 4.69) is 0 Å². The van der Waals surface area contributed by atoms with Gasteiger partial charge in [-0.1, -0.05) is 121 Å². The van der Waals surface area contributed by atoms with Crippen LogP contribution >= 0.6 is 0 Å². The first kappa shape index (κ1) is 37.2. The molecular formula is C40H46O11. The Bertz CT molecular complexity index is 1430. The molecule has 4 aromatic rings. The first-order valence-corrected chi connectivity index (χ1v) is 17.2. The van der Waals surface area contributed by atoms with Crippen molar-refractivity contribution in [2.45, 2.75) is 87.8 Å². The summed E-state index contributed by atoms with van der Waals surface area (Å²) in [4.78, 5) is 0. The Labute approximate surface area is 297 Å². The summed E-state index contributed by atoms with van der Waals surface area (Å²) in [5, 5.41) is 46.0. The SMILES string of the molecule is OC1COC(OC2COC(O)C(OCc3ccccc3)C(OCc3ccccc3)C2O)C(O)C(OCc2ccccc2)C1OCc1ccccc1. The topological polar surface area (TPSA) is 146 Å². The first-order chi connectivity index (χ1) is 25.0. The second kappa shape index (κ2) is 18.8. The lowest BCUT2D eigenvalue weighted by molar-refractivity contribution is -0.259. The third-order valence-electron chi connectivity index (χ3n) is 8.95. The van der Waals surface area contributed by atoms with E-state index in [9.17, 15) is 20.4 Å². The Morgan fingerprint density at radius 2 is 0.843 bits per heavy atom. The van der Waals surface area contributed by atoms with Crippen molar-refractivity contribution in [3.63, 3.8) is 0 Å². The van der Waals surface area contributed by atoms with E-state index >= 15 is 0 Å². The van der Waals surface area contributed by atoms with Gasteiger partial charge in [0.1, 0.15) is 48.8 Å². The Kier molecular flexibility index (Phi) is 13.7. The molecule has 0 amide bonds. The van der Waals surface area contributed by atoms with E-state index in [4.69, 9.17) is 33.2 Å². The van der Waals surface area contributed by atoms with Gasteiger partial charge >= 0.3 is 0 Å². The van der Waals surface area contributed by atoms with Gasteiger partial charge in [0.25, 0.3) is 0 Å². The quantitative estimate of drug-likeness (QED) is 0.153. The van der Waals surface area contributed by atoms with Gasteiger partial charge in [-0.15, -0.1) is 0 Å². The average molecular weight is 703 g/mol. The number of rotatable bonds is 14. The minimum Gasteiger partial charge on any atom is -0.388 e. The molecule has 0 aromatic heterocycles. The molecule has 4 N–H and O–H groups in total. The van der Waals surface area contributed by atoms with Gasteiger partial charge < -0.3 is 53.6 Å². The van der Waals surface area contributed by atoms with Crippen LogP contribution in [0.4, 0.5) is 0 Å². The summed E-state index contributed by atoms with van der Waals surface area (Å²) in [6.07, 6.45) is -12.4. The second-order valence-corrected chi connectivity index (χ2v) is 12.7. The first-order valence-electron chi connectivity index (χ1n) is 17.2. The summed E-state index contributed by atoms with van der Waals surface area (Å²) >= 11 is 0. The summed E-state index contributed by atoms with van der Waals surface area (Å²) in [6, 6.07) is 37.7. The van der Waals surface area contributed by atoms with Crippen molar-refractivity contribution in [1.82, 2.24) is 0 Å². The molecule has 10 atom stereocenters. The zero-order valence-corrected chi connectivity index (χ0v) is 28.2. The highest BCUT2D eigenvalue weighted by Crippen LogP contribution is 2.29. The summed E-state index contributed by atoms with van der Waals surface area (Å²) in [5.74, 6) is 0. The van der Waals surface area contributed by atoms with Crippen LogP contribution < -0.4 is 0 Å². The van der Waals surface area contributed by atoms with E-state index in [-0.39, 0.29) is 39.6 Å². The fourth-order valence-corrected chi connectivity index (χ4v) is 6.16. The Morgan fingerprint density at radius 1 is 0.451 bits per heavy atom. The molecule has 0 saturated carbocycles. The van der Waals surface area contributed by atoms with E-state index in [0.29, 0.717) is 0 Å². The van der Waals surface area contributed by atoms with Crippen molar-refractivity contribution in [2.24, 2.45) is 0 Å². The molecule has 11 heteroatoms. The maximum Gasteiger partial charge on any atom is 0.186 e. The summed E-state index contributed by atoms with van der Waals surface area (Å²) in [5.41, 5.74) is 3.43. The Hall–Kier alpha value is -3.56. The van der Waals surface area contributed by atoms with E-state index in [0.717, 1.165) is 22.3 Å². The van der Waals surface area contributed by atoms with Crippen LogP contribution in [-0.4, -0.2) is 95.1 Å². The number of aliphatic hydroxyl groups is 4. The van der Waals surface area contributed by atoms with E-state index in [1.54, 1.807) is 0 Å². The zero-order valence-electron chi connectivity index (χ0n) is 28.2. The van der Waals surface area contributed by atoms with E-state index < -0.39 is 61.4 Å². The van der Waals surface area contributed by atoms with E-state index in [1.165, 1.54) is 0 Å². The molecule has 6 rings (SSSR count). The number of hydrogen-bond acceptors (Lipinski definition) is 11. The minimum absolute atomic E-state index is 0.109. The maximum absolute atomic E-state index is 11.8. The molecule has 0 aliphatic carbocycles.